The van der Waals surface area contributed by atoms with Crippen LogP contribution < -0.4 is 10.9 Å². The number of aromatic nitrogens is 4. The molecule has 1 saturated heterocycles. The maximum Gasteiger partial charge on any atom is 0.274 e. The zero-order chi connectivity index (χ0) is 14.1. The number of hydrogen-bond donors (Lipinski definition) is 2. The van der Waals surface area contributed by atoms with Crippen LogP contribution in [0.1, 0.15) is 44.1 Å². The Bertz CT molecular complexity index is 651. The molecule has 0 aliphatic carbocycles. The van der Waals surface area contributed by atoms with Gasteiger partial charge in [0.1, 0.15) is 5.82 Å². The van der Waals surface area contributed by atoms with Crippen molar-refractivity contribution in [3.05, 3.63) is 27.9 Å². The Morgan fingerprint density at radius 2 is 2.10 bits per heavy atom. The molecule has 2 aromatic heterocycles. The fourth-order valence-electron chi connectivity index (χ4n) is 2.69. The van der Waals surface area contributed by atoms with Crippen molar-refractivity contribution in [3.8, 4) is 0 Å². The number of hydrogen-bond acceptors (Lipinski definition) is 4. The van der Waals surface area contributed by atoms with Gasteiger partial charge in [-0.1, -0.05) is 13.8 Å². The van der Waals surface area contributed by atoms with Crippen molar-refractivity contribution in [1.29, 1.82) is 0 Å². The standard InChI is InChI=1S/C14H21N5O/c1-9(2)13-17-14-16-11(8-12(20)19(14)18-13)7-10-3-5-15-6-4-10/h8-10,15H,3-7H2,1-2H3,(H,16,17,18). The Morgan fingerprint density at radius 1 is 1.35 bits per heavy atom. The van der Waals surface area contributed by atoms with Crippen molar-refractivity contribution >= 4 is 5.78 Å². The Labute approximate surface area is 117 Å². The van der Waals surface area contributed by atoms with Crippen LogP contribution >= 0.6 is 0 Å². The average Bonchev–Trinajstić information content (AvgIpc) is 2.84. The summed E-state index contributed by atoms with van der Waals surface area (Å²) in [5, 5.41) is 6.37. The SMILES string of the molecule is CC(C)c1nc2nc(CC3CCNCC3)cc(=O)n2[nH]1. The molecule has 3 heterocycles. The van der Waals surface area contributed by atoms with Crippen molar-refractivity contribution < 1.29 is 0 Å². The van der Waals surface area contributed by atoms with Gasteiger partial charge in [0.2, 0.25) is 0 Å². The monoisotopic (exact) mass is 275 g/mol. The molecule has 2 aromatic rings. The Balaban J connectivity index is 1.90. The average molecular weight is 275 g/mol. The molecule has 3 rings (SSSR count). The minimum atomic E-state index is -0.0710. The highest BCUT2D eigenvalue weighted by molar-refractivity contribution is 5.28. The summed E-state index contributed by atoms with van der Waals surface area (Å²) in [6, 6.07) is 1.64. The highest BCUT2D eigenvalue weighted by Gasteiger charge is 2.16. The Kier molecular flexibility index (Phi) is 3.56. The fourth-order valence-corrected chi connectivity index (χ4v) is 2.69. The molecule has 1 aliphatic heterocycles. The zero-order valence-electron chi connectivity index (χ0n) is 12.0. The first-order valence-electron chi connectivity index (χ1n) is 7.33. The smallest absolute Gasteiger partial charge is 0.274 e. The van der Waals surface area contributed by atoms with Crippen molar-refractivity contribution in [2.45, 2.75) is 39.0 Å². The zero-order valence-corrected chi connectivity index (χ0v) is 12.0. The van der Waals surface area contributed by atoms with Crippen LogP contribution in [0.4, 0.5) is 0 Å². The molecule has 0 atom stereocenters. The third-order valence-corrected chi connectivity index (χ3v) is 3.90. The summed E-state index contributed by atoms with van der Waals surface area (Å²) in [6.45, 7) is 6.20. The van der Waals surface area contributed by atoms with Crippen LogP contribution in [0.15, 0.2) is 10.9 Å². The predicted molar refractivity (Wildman–Crippen MR) is 77.0 cm³/mol. The normalized spacial score (nSPS) is 17.1. The molecule has 6 nitrogen and oxygen atoms in total. The van der Waals surface area contributed by atoms with Gasteiger partial charge in [-0.05, 0) is 38.3 Å². The van der Waals surface area contributed by atoms with Crippen LogP contribution in [0.25, 0.3) is 5.78 Å². The molecule has 0 unspecified atom stereocenters. The lowest BCUT2D eigenvalue weighted by atomic mass is 9.93. The number of nitrogens with one attached hydrogen (secondary N) is 2. The third-order valence-electron chi connectivity index (χ3n) is 3.90. The van der Waals surface area contributed by atoms with Crippen molar-refractivity contribution in [2.24, 2.45) is 5.92 Å². The molecule has 0 saturated carbocycles. The maximum absolute atomic E-state index is 12.1. The van der Waals surface area contributed by atoms with Gasteiger partial charge in [-0.15, -0.1) is 0 Å². The Morgan fingerprint density at radius 3 is 2.80 bits per heavy atom. The lowest BCUT2D eigenvalue weighted by Crippen LogP contribution is -2.29. The molecule has 0 amide bonds. The summed E-state index contributed by atoms with van der Waals surface area (Å²) in [5.74, 6) is 2.16. The lowest BCUT2D eigenvalue weighted by Gasteiger charge is -2.21. The van der Waals surface area contributed by atoms with E-state index in [9.17, 15) is 4.79 Å². The second-order valence-corrected chi connectivity index (χ2v) is 5.88. The molecule has 0 radical (unpaired) electrons. The van der Waals surface area contributed by atoms with E-state index >= 15 is 0 Å². The predicted octanol–water partition coefficient (Wildman–Crippen LogP) is 1.08. The van der Waals surface area contributed by atoms with E-state index in [0.29, 0.717) is 11.7 Å². The first kappa shape index (κ1) is 13.3. The van der Waals surface area contributed by atoms with Crippen molar-refractivity contribution in [1.82, 2.24) is 24.9 Å². The summed E-state index contributed by atoms with van der Waals surface area (Å²) in [5.41, 5.74) is 0.794. The van der Waals surface area contributed by atoms with Crippen LogP contribution in [0, 0.1) is 5.92 Å². The highest BCUT2D eigenvalue weighted by atomic mass is 16.1. The molecule has 0 spiro atoms. The summed E-state index contributed by atoms with van der Waals surface area (Å²) in [6.07, 6.45) is 3.18. The summed E-state index contributed by atoms with van der Waals surface area (Å²) in [7, 11) is 0. The number of fused-ring (bicyclic) bond motifs is 1. The van der Waals surface area contributed by atoms with E-state index in [-0.39, 0.29) is 11.5 Å². The van der Waals surface area contributed by atoms with Gasteiger partial charge < -0.3 is 5.32 Å². The molecule has 20 heavy (non-hydrogen) atoms. The first-order chi connectivity index (χ1) is 9.63. The lowest BCUT2D eigenvalue weighted by molar-refractivity contribution is 0.370. The first-order valence-corrected chi connectivity index (χ1v) is 7.33. The van der Waals surface area contributed by atoms with E-state index in [1.807, 2.05) is 13.8 Å². The van der Waals surface area contributed by atoms with E-state index in [0.717, 1.165) is 43.9 Å². The molecule has 1 fully saturated rings. The number of rotatable bonds is 3. The van der Waals surface area contributed by atoms with E-state index in [1.165, 1.54) is 4.52 Å². The number of aromatic amines is 1. The van der Waals surface area contributed by atoms with Gasteiger partial charge in [0.05, 0.1) is 5.69 Å². The quantitative estimate of drug-likeness (QED) is 0.879. The van der Waals surface area contributed by atoms with E-state index in [4.69, 9.17) is 0 Å². The molecule has 108 valence electrons. The minimum absolute atomic E-state index is 0.0710. The van der Waals surface area contributed by atoms with Gasteiger partial charge in [0, 0.05) is 12.0 Å². The van der Waals surface area contributed by atoms with Gasteiger partial charge >= 0.3 is 0 Å². The molecular formula is C14H21N5O. The van der Waals surface area contributed by atoms with E-state index < -0.39 is 0 Å². The fraction of sp³-hybridized carbons (Fsp3) is 0.643. The van der Waals surface area contributed by atoms with Gasteiger partial charge in [0.15, 0.2) is 0 Å². The highest BCUT2D eigenvalue weighted by Crippen LogP contribution is 2.16. The number of piperidine rings is 1. The molecule has 0 bridgehead atoms. The van der Waals surface area contributed by atoms with Crippen molar-refractivity contribution in [3.63, 3.8) is 0 Å². The third kappa shape index (κ3) is 2.60. The summed E-state index contributed by atoms with van der Waals surface area (Å²) < 4.78 is 1.43. The molecule has 0 aromatic carbocycles. The number of nitrogens with zero attached hydrogens (tertiary/aromatic N) is 3. The molecular weight excluding hydrogens is 254 g/mol. The van der Waals surface area contributed by atoms with Gasteiger partial charge in [-0.2, -0.15) is 9.50 Å². The van der Waals surface area contributed by atoms with Crippen molar-refractivity contribution in [2.75, 3.05) is 13.1 Å². The van der Waals surface area contributed by atoms with Gasteiger partial charge in [-0.3, -0.25) is 9.89 Å². The van der Waals surface area contributed by atoms with Crippen LogP contribution in [0.5, 0.6) is 0 Å². The van der Waals surface area contributed by atoms with Crippen LogP contribution in [-0.4, -0.2) is 32.7 Å². The van der Waals surface area contributed by atoms with Crippen LogP contribution in [-0.2, 0) is 6.42 Å². The van der Waals surface area contributed by atoms with Gasteiger partial charge in [-0.25, -0.2) is 4.98 Å². The minimum Gasteiger partial charge on any atom is -0.317 e. The van der Waals surface area contributed by atoms with Crippen LogP contribution in [0.2, 0.25) is 0 Å². The summed E-state index contributed by atoms with van der Waals surface area (Å²) >= 11 is 0. The second-order valence-electron chi connectivity index (χ2n) is 5.88. The van der Waals surface area contributed by atoms with E-state index in [1.54, 1.807) is 6.07 Å². The Hall–Kier alpha value is -1.69. The molecule has 2 N–H and O–H groups in total. The van der Waals surface area contributed by atoms with E-state index in [2.05, 4.69) is 20.4 Å². The van der Waals surface area contributed by atoms with Crippen LogP contribution in [0.3, 0.4) is 0 Å². The summed E-state index contributed by atoms with van der Waals surface area (Å²) in [4.78, 5) is 21.1. The molecule has 6 heteroatoms. The maximum atomic E-state index is 12.1. The largest absolute Gasteiger partial charge is 0.317 e. The molecule has 1 aliphatic rings. The second kappa shape index (κ2) is 5.36. The number of H-pyrrole nitrogens is 1. The topological polar surface area (TPSA) is 75.1 Å². The van der Waals surface area contributed by atoms with Gasteiger partial charge in [0.25, 0.3) is 11.3 Å².